The van der Waals surface area contributed by atoms with Crippen molar-refractivity contribution >= 4 is 5.78 Å². The van der Waals surface area contributed by atoms with E-state index in [0.29, 0.717) is 17.6 Å². The van der Waals surface area contributed by atoms with Gasteiger partial charge in [-0.15, -0.1) is 0 Å². The van der Waals surface area contributed by atoms with Crippen LogP contribution in [-0.2, 0) is 4.79 Å². The monoisotopic (exact) mass is 162 g/mol. The molecule has 0 radical (unpaired) electrons. The molecule has 3 atom stereocenters. The first-order valence-corrected chi connectivity index (χ1v) is 4.65. The first-order valence-electron chi connectivity index (χ1n) is 4.65. The van der Waals surface area contributed by atoms with E-state index in [1.165, 1.54) is 0 Å². The molecule has 0 heterocycles. The van der Waals surface area contributed by atoms with Crippen LogP contribution in [0.25, 0.3) is 0 Å². The first-order chi connectivity index (χ1) is 5.77. The number of carbonyl (C=O) groups excluding carboxylic acids is 1. The minimum Gasteiger partial charge on any atom is -0.299 e. The van der Waals surface area contributed by atoms with Crippen molar-refractivity contribution in [1.29, 1.82) is 0 Å². The second-order valence-corrected chi connectivity index (χ2v) is 3.92. The van der Waals surface area contributed by atoms with Crippen LogP contribution in [0.4, 0.5) is 0 Å². The van der Waals surface area contributed by atoms with Crippen LogP contribution in [0.2, 0.25) is 0 Å². The summed E-state index contributed by atoms with van der Waals surface area (Å²) in [6.07, 6.45) is 10.2. The van der Waals surface area contributed by atoms with Crippen molar-refractivity contribution in [2.24, 2.45) is 17.8 Å². The van der Waals surface area contributed by atoms with Crippen molar-refractivity contribution in [3.8, 4) is 0 Å². The molecule has 0 N–H and O–H groups in total. The lowest BCUT2D eigenvalue weighted by atomic mass is 9.75. The molecule has 1 heteroatoms. The fraction of sp³-hybridized carbons (Fsp3) is 0.545. The van der Waals surface area contributed by atoms with Crippen LogP contribution in [0.15, 0.2) is 24.3 Å². The summed E-state index contributed by atoms with van der Waals surface area (Å²) < 4.78 is 0. The molecular weight excluding hydrogens is 148 g/mol. The van der Waals surface area contributed by atoms with Crippen molar-refractivity contribution in [3.05, 3.63) is 24.3 Å². The Morgan fingerprint density at radius 3 is 2.92 bits per heavy atom. The summed E-state index contributed by atoms with van der Waals surface area (Å²) in [5.74, 6) is 1.81. The standard InChI is InChI=1S/C11H14O/c1-8-6-11(12)10-5-3-2-4-9(8)7-10/h2-5,8-10H,6-7H2,1H3. The Bertz CT molecular complexity index is 250. The molecule has 3 unspecified atom stereocenters. The number of allylic oxidation sites excluding steroid dienone is 4. The van der Waals surface area contributed by atoms with Gasteiger partial charge in [0, 0.05) is 12.3 Å². The highest BCUT2D eigenvalue weighted by molar-refractivity contribution is 5.84. The van der Waals surface area contributed by atoms with E-state index >= 15 is 0 Å². The average molecular weight is 162 g/mol. The van der Waals surface area contributed by atoms with E-state index < -0.39 is 0 Å². The first kappa shape index (κ1) is 7.78. The molecule has 2 bridgehead atoms. The number of Topliss-reactive ketones (excluding diaryl/α,β-unsaturated/α-hetero) is 1. The Balaban J connectivity index is 2.25. The van der Waals surface area contributed by atoms with Gasteiger partial charge in [-0.05, 0) is 18.3 Å². The van der Waals surface area contributed by atoms with Crippen LogP contribution in [0.5, 0.6) is 0 Å². The lowest BCUT2D eigenvalue weighted by Crippen LogP contribution is -2.28. The van der Waals surface area contributed by atoms with Crippen molar-refractivity contribution in [2.45, 2.75) is 19.8 Å². The van der Waals surface area contributed by atoms with Gasteiger partial charge in [-0.1, -0.05) is 31.2 Å². The zero-order valence-electron chi connectivity index (χ0n) is 7.36. The molecule has 12 heavy (non-hydrogen) atoms. The van der Waals surface area contributed by atoms with Crippen LogP contribution < -0.4 is 0 Å². The molecule has 0 amide bonds. The van der Waals surface area contributed by atoms with Gasteiger partial charge in [0.05, 0.1) is 0 Å². The second-order valence-electron chi connectivity index (χ2n) is 3.92. The van der Waals surface area contributed by atoms with Gasteiger partial charge in [0.15, 0.2) is 0 Å². The zero-order chi connectivity index (χ0) is 8.55. The summed E-state index contributed by atoms with van der Waals surface area (Å²) in [6, 6.07) is 0. The lowest BCUT2D eigenvalue weighted by molar-refractivity contribution is -0.125. The van der Waals surface area contributed by atoms with Gasteiger partial charge in [-0.25, -0.2) is 0 Å². The van der Waals surface area contributed by atoms with Crippen molar-refractivity contribution in [1.82, 2.24) is 0 Å². The molecule has 2 aliphatic rings. The maximum atomic E-state index is 11.5. The largest absolute Gasteiger partial charge is 0.299 e. The minimum atomic E-state index is 0.209. The third-order valence-electron chi connectivity index (χ3n) is 3.01. The van der Waals surface area contributed by atoms with E-state index in [0.717, 1.165) is 12.8 Å². The second kappa shape index (κ2) is 2.89. The summed E-state index contributed by atoms with van der Waals surface area (Å²) in [7, 11) is 0. The molecule has 2 aliphatic carbocycles. The molecule has 0 aromatic heterocycles. The lowest BCUT2D eigenvalue weighted by Gasteiger charge is -2.28. The van der Waals surface area contributed by atoms with E-state index in [2.05, 4.69) is 19.1 Å². The summed E-state index contributed by atoms with van der Waals surface area (Å²) >= 11 is 0. The van der Waals surface area contributed by atoms with Crippen LogP contribution in [0.1, 0.15) is 19.8 Å². The molecule has 0 aromatic rings. The Labute approximate surface area is 73.2 Å². The Morgan fingerprint density at radius 1 is 1.33 bits per heavy atom. The fourth-order valence-electron chi connectivity index (χ4n) is 2.14. The zero-order valence-corrected chi connectivity index (χ0v) is 7.36. The molecule has 0 aromatic carbocycles. The molecule has 0 spiro atoms. The maximum Gasteiger partial charge on any atom is 0.140 e. The van der Waals surface area contributed by atoms with Crippen LogP contribution in [-0.4, -0.2) is 5.78 Å². The highest BCUT2D eigenvalue weighted by Gasteiger charge is 2.31. The summed E-state index contributed by atoms with van der Waals surface area (Å²) in [5.41, 5.74) is 0. The number of ketones is 1. The summed E-state index contributed by atoms with van der Waals surface area (Å²) in [5, 5.41) is 0. The van der Waals surface area contributed by atoms with Crippen molar-refractivity contribution in [3.63, 3.8) is 0 Å². The predicted octanol–water partition coefficient (Wildman–Crippen LogP) is 2.34. The maximum absolute atomic E-state index is 11.5. The molecule has 0 saturated heterocycles. The van der Waals surface area contributed by atoms with Crippen molar-refractivity contribution < 1.29 is 4.79 Å². The molecule has 64 valence electrons. The summed E-state index contributed by atoms with van der Waals surface area (Å²) in [4.78, 5) is 11.5. The van der Waals surface area contributed by atoms with Gasteiger partial charge in [0.1, 0.15) is 5.78 Å². The minimum absolute atomic E-state index is 0.209. The fourth-order valence-corrected chi connectivity index (χ4v) is 2.14. The van der Waals surface area contributed by atoms with E-state index in [9.17, 15) is 4.79 Å². The van der Waals surface area contributed by atoms with Gasteiger partial charge in [0.25, 0.3) is 0 Å². The molecule has 1 saturated carbocycles. The average Bonchev–Trinajstić information content (AvgIpc) is 2.24. The van der Waals surface area contributed by atoms with E-state index in [1.807, 2.05) is 12.2 Å². The highest BCUT2D eigenvalue weighted by Crippen LogP contribution is 2.34. The highest BCUT2D eigenvalue weighted by atomic mass is 16.1. The topological polar surface area (TPSA) is 17.1 Å². The number of hydrogen-bond donors (Lipinski definition) is 0. The Kier molecular flexibility index (Phi) is 1.87. The molecule has 2 rings (SSSR count). The van der Waals surface area contributed by atoms with Crippen molar-refractivity contribution in [2.75, 3.05) is 0 Å². The predicted molar refractivity (Wildman–Crippen MR) is 48.7 cm³/mol. The van der Waals surface area contributed by atoms with Gasteiger partial charge < -0.3 is 0 Å². The Morgan fingerprint density at radius 2 is 2.08 bits per heavy atom. The van der Waals surface area contributed by atoms with Gasteiger partial charge in [0.2, 0.25) is 0 Å². The molecule has 1 fully saturated rings. The summed E-state index contributed by atoms with van der Waals surface area (Å²) in [6.45, 7) is 2.18. The van der Waals surface area contributed by atoms with Gasteiger partial charge in [-0.3, -0.25) is 4.79 Å². The van der Waals surface area contributed by atoms with E-state index in [1.54, 1.807) is 0 Å². The number of rotatable bonds is 0. The molecular formula is C11H14O. The third-order valence-corrected chi connectivity index (χ3v) is 3.01. The van der Waals surface area contributed by atoms with Crippen LogP contribution in [0, 0.1) is 17.8 Å². The SMILES string of the molecule is CC1CC(=O)C2C=CC=CC1C2. The number of fused-ring (bicyclic) bond motifs is 2. The number of carbonyl (C=O) groups is 1. The van der Waals surface area contributed by atoms with Crippen LogP contribution in [0.3, 0.4) is 0 Å². The smallest absolute Gasteiger partial charge is 0.140 e. The van der Waals surface area contributed by atoms with E-state index in [4.69, 9.17) is 0 Å². The van der Waals surface area contributed by atoms with Gasteiger partial charge >= 0.3 is 0 Å². The van der Waals surface area contributed by atoms with E-state index in [-0.39, 0.29) is 5.92 Å². The van der Waals surface area contributed by atoms with Crippen LogP contribution >= 0.6 is 0 Å². The van der Waals surface area contributed by atoms with Gasteiger partial charge in [-0.2, -0.15) is 0 Å². The normalized spacial score (nSPS) is 39.8. The third kappa shape index (κ3) is 1.24. The molecule has 1 nitrogen and oxygen atoms in total. The molecule has 0 aliphatic heterocycles. The number of hydrogen-bond acceptors (Lipinski definition) is 1. The Hall–Kier alpha value is -0.850. The quantitative estimate of drug-likeness (QED) is 0.534.